The highest BCUT2D eigenvalue weighted by Gasteiger charge is 2.07. The van der Waals surface area contributed by atoms with Crippen molar-refractivity contribution < 1.29 is 4.79 Å². The van der Waals surface area contributed by atoms with Gasteiger partial charge in [0.25, 0.3) is 5.91 Å². The van der Waals surface area contributed by atoms with Gasteiger partial charge in [-0.2, -0.15) is 5.10 Å². The van der Waals surface area contributed by atoms with Crippen LogP contribution in [0.25, 0.3) is 5.69 Å². The molecule has 3 aromatic rings. The molecule has 0 radical (unpaired) electrons. The second-order valence-corrected chi connectivity index (χ2v) is 6.37. The molecule has 0 bridgehead atoms. The van der Waals surface area contributed by atoms with Crippen molar-refractivity contribution in [2.75, 3.05) is 18.0 Å². The molecule has 2 aromatic carbocycles. The van der Waals surface area contributed by atoms with Crippen LogP contribution in [-0.4, -0.2) is 34.3 Å². The molecule has 0 spiro atoms. The molecule has 1 heterocycles. The Balaban J connectivity index is 1.64. The molecule has 0 aliphatic carbocycles. The van der Waals surface area contributed by atoms with Gasteiger partial charge in [0.2, 0.25) is 0 Å². The number of carbonyl (C=O) groups is 1. The van der Waals surface area contributed by atoms with Crippen LogP contribution in [0.15, 0.2) is 72.4 Å². The first-order chi connectivity index (χ1) is 13.6. The number of nitrogens with zero attached hydrogens (tertiary/aromatic N) is 4. The molecule has 1 aromatic heterocycles. The number of rotatable bonds is 7. The summed E-state index contributed by atoms with van der Waals surface area (Å²) in [6.07, 6.45) is 5.38. The van der Waals surface area contributed by atoms with Crippen molar-refractivity contribution in [2.45, 2.75) is 20.8 Å². The SMILES string of the molecule is CCN(CC)c1ccc(C(=O)N/N=C(\C)c2ccc(-n3ccnc3)cc2)cc1. The lowest BCUT2D eigenvalue weighted by molar-refractivity contribution is 0.0955. The van der Waals surface area contributed by atoms with Crippen molar-refractivity contribution in [1.82, 2.24) is 15.0 Å². The van der Waals surface area contributed by atoms with Gasteiger partial charge in [0.05, 0.1) is 12.0 Å². The monoisotopic (exact) mass is 375 g/mol. The standard InChI is InChI=1S/C22H25N5O/c1-4-26(5-2)20-12-8-19(9-13-20)22(28)25-24-17(3)18-6-10-21(11-7-18)27-15-14-23-16-27/h6-16H,4-5H2,1-3H3,(H,25,28)/b24-17+. The molecule has 0 aliphatic heterocycles. The van der Waals surface area contributed by atoms with Crippen molar-refractivity contribution in [2.24, 2.45) is 5.10 Å². The Morgan fingerprint density at radius 3 is 2.25 bits per heavy atom. The quantitative estimate of drug-likeness (QED) is 0.504. The van der Waals surface area contributed by atoms with Crippen LogP contribution in [0.2, 0.25) is 0 Å². The van der Waals surface area contributed by atoms with E-state index < -0.39 is 0 Å². The number of amides is 1. The number of hydrogen-bond acceptors (Lipinski definition) is 4. The first-order valence-electron chi connectivity index (χ1n) is 9.40. The molecule has 144 valence electrons. The number of anilines is 1. The molecule has 28 heavy (non-hydrogen) atoms. The zero-order valence-corrected chi connectivity index (χ0v) is 16.5. The van der Waals surface area contributed by atoms with E-state index in [0.717, 1.165) is 35.7 Å². The molecule has 0 saturated carbocycles. The van der Waals surface area contributed by atoms with Crippen molar-refractivity contribution in [3.8, 4) is 5.69 Å². The molecule has 0 saturated heterocycles. The zero-order chi connectivity index (χ0) is 19.9. The van der Waals surface area contributed by atoms with Crippen LogP contribution < -0.4 is 10.3 Å². The lowest BCUT2D eigenvalue weighted by Gasteiger charge is -2.20. The van der Waals surface area contributed by atoms with E-state index in [1.807, 2.05) is 66.2 Å². The van der Waals surface area contributed by atoms with Gasteiger partial charge in [-0.15, -0.1) is 0 Å². The summed E-state index contributed by atoms with van der Waals surface area (Å²) in [6, 6.07) is 15.5. The second-order valence-electron chi connectivity index (χ2n) is 6.37. The molecule has 0 atom stereocenters. The molecule has 1 amide bonds. The minimum absolute atomic E-state index is 0.222. The van der Waals surface area contributed by atoms with Gasteiger partial charge in [-0.1, -0.05) is 12.1 Å². The average molecular weight is 375 g/mol. The highest BCUT2D eigenvalue weighted by molar-refractivity contribution is 6.01. The minimum atomic E-state index is -0.222. The fourth-order valence-corrected chi connectivity index (χ4v) is 2.96. The molecule has 0 unspecified atom stereocenters. The Morgan fingerprint density at radius 2 is 1.68 bits per heavy atom. The molecule has 3 rings (SSSR count). The number of nitrogens with one attached hydrogen (secondary N) is 1. The topological polar surface area (TPSA) is 62.5 Å². The lowest BCUT2D eigenvalue weighted by atomic mass is 10.1. The van der Waals surface area contributed by atoms with Gasteiger partial charge in [0.1, 0.15) is 0 Å². The molecule has 6 heteroatoms. The van der Waals surface area contributed by atoms with Crippen molar-refractivity contribution in [3.63, 3.8) is 0 Å². The van der Waals surface area contributed by atoms with Gasteiger partial charge in [0.15, 0.2) is 0 Å². The number of hydrazone groups is 1. The summed E-state index contributed by atoms with van der Waals surface area (Å²) in [5, 5.41) is 4.24. The van der Waals surface area contributed by atoms with E-state index in [1.54, 1.807) is 12.5 Å². The van der Waals surface area contributed by atoms with E-state index in [0.29, 0.717) is 5.56 Å². The average Bonchev–Trinajstić information content (AvgIpc) is 3.28. The van der Waals surface area contributed by atoms with E-state index in [1.165, 1.54) is 0 Å². The zero-order valence-electron chi connectivity index (χ0n) is 16.5. The summed E-state index contributed by atoms with van der Waals surface area (Å²) < 4.78 is 1.93. The Labute approximate surface area is 165 Å². The maximum Gasteiger partial charge on any atom is 0.271 e. The van der Waals surface area contributed by atoms with Crippen molar-refractivity contribution >= 4 is 17.3 Å². The van der Waals surface area contributed by atoms with Crippen LogP contribution in [0.1, 0.15) is 36.7 Å². The van der Waals surface area contributed by atoms with Crippen LogP contribution >= 0.6 is 0 Å². The third kappa shape index (κ3) is 4.46. The minimum Gasteiger partial charge on any atom is -0.372 e. The van der Waals surface area contributed by atoms with Gasteiger partial charge in [-0.3, -0.25) is 4.79 Å². The van der Waals surface area contributed by atoms with Crippen LogP contribution in [-0.2, 0) is 0 Å². The van der Waals surface area contributed by atoms with Gasteiger partial charge < -0.3 is 9.47 Å². The van der Waals surface area contributed by atoms with Gasteiger partial charge in [-0.05, 0) is 62.7 Å². The molecule has 0 aliphatic rings. The highest BCUT2D eigenvalue weighted by atomic mass is 16.2. The third-order valence-corrected chi connectivity index (χ3v) is 4.67. The van der Waals surface area contributed by atoms with Crippen LogP contribution in [0, 0.1) is 0 Å². The number of carbonyl (C=O) groups excluding carboxylic acids is 1. The predicted octanol–water partition coefficient (Wildman–Crippen LogP) is 3.87. The maximum atomic E-state index is 12.4. The highest BCUT2D eigenvalue weighted by Crippen LogP contribution is 2.15. The van der Waals surface area contributed by atoms with E-state index >= 15 is 0 Å². The molecule has 1 N–H and O–H groups in total. The largest absolute Gasteiger partial charge is 0.372 e. The third-order valence-electron chi connectivity index (χ3n) is 4.67. The van der Waals surface area contributed by atoms with Crippen LogP contribution in [0.3, 0.4) is 0 Å². The Kier molecular flexibility index (Phi) is 6.22. The summed E-state index contributed by atoms with van der Waals surface area (Å²) in [7, 11) is 0. The summed E-state index contributed by atoms with van der Waals surface area (Å²) in [5.41, 5.74) is 7.04. The van der Waals surface area contributed by atoms with Gasteiger partial charge >= 0.3 is 0 Å². The summed E-state index contributed by atoms with van der Waals surface area (Å²) in [6.45, 7) is 7.97. The molecule has 0 fully saturated rings. The summed E-state index contributed by atoms with van der Waals surface area (Å²) >= 11 is 0. The van der Waals surface area contributed by atoms with Crippen molar-refractivity contribution in [3.05, 3.63) is 78.4 Å². The predicted molar refractivity (Wildman–Crippen MR) is 113 cm³/mol. The first kappa shape index (κ1) is 19.4. The fourth-order valence-electron chi connectivity index (χ4n) is 2.96. The van der Waals surface area contributed by atoms with E-state index in [4.69, 9.17) is 0 Å². The maximum absolute atomic E-state index is 12.4. The second kappa shape index (κ2) is 8.99. The summed E-state index contributed by atoms with van der Waals surface area (Å²) in [5.74, 6) is -0.222. The first-order valence-corrected chi connectivity index (χ1v) is 9.40. The Morgan fingerprint density at radius 1 is 1.04 bits per heavy atom. The number of imidazole rings is 1. The summed E-state index contributed by atoms with van der Waals surface area (Å²) in [4.78, 5) is 18.6. The lowest BCUT2D eigenvalue weighted by Crippen LogP contribution is -2.22. The van der Waals surface area contributed by atoms with E-state index in [-0.39, 0.29) is 5.91 Å². The van der Waals surface area contributed by atoms with Gasteiger partial charge in [0, 0.05) is 42.4 Å². The van der Waals surface area contributed by atoms with Crippen molar-refractivity contribution in [1.29, 1.82) is 0 Å². The molecular formula is C22H25N5O. The smallest absolute Gasteiger partial charge is 0.271 e. The fraction of sp³-hybridized carbons (Fsp3) is 0.227. The molecule has 6 nitrogen and oxygen atoms in total. The number of hydrogen-bond donors (Lipinski definition) is 1. The Hall–Kier alpha value is -3.41. The van der Waals surface area contributed by atoms with Gasteiger partial charge in [-0.25, -0.2) is 10.4 Å². The number of aromatic nitrogens is 2. The van der Waals surface area contributed by atoms with E-state index in [2.05, 4.69) is 34.3 Å². The van der Waals surface area contributed by atoms with E-state index in [9.17, 15) is 4.79 Å². The Bertz CT molecular complexity index is 924. The van der Waals surface area contributed by atoms with Crippen LogP contribution in [0.4, 0.5) is 5.69 Å². The number of benzene rings is 2. The normalized spacial score (nSPS) is 11.3. The molecular weight excluding hydrogens is 350 g/mol. The van der Waals surface area contributed by atoms with Crippen LogP contribution in [0.5, 0.6) is 0 Å².